The number of amides is 1. The number of carbonyl (C=O) groups is 1. The van der Waals surface area contributed by atoms with E-state index in [0.29, 0.717) is 49.1 Å². The normalized spacial score (nSPS) is 13.7. The van der Waals surface area contributed by atoms with Crippen molar-refractivity contribution < 1.29 is 9.18 Å². The summed E-state index contributed by atoms with van der Waals surface area (Å²) in [5.41, 5.74) is 8.01. The summed E-state index contributed by atoms with van der Waals surface area (Å²) in [6, 6.07) is 17.2. The molecule has 150 valence electrons. The number of rotatable bonds is 4. The first-order chi connectivity index (χ1) is 14.5. The number of carbonyl (C=O) groups excluding carboxylic acids is 1. The molecule has 1 fully saturated rings. The lowest BCUT2D eigenvalue weighted by molar-refractivity contribution is 0.0995. The molecule has 3 aromatic rings. The Hall–Kier alpha value is -3.99. The lowest BCUT2D eigenvalue weighted by atomic mass is 10.1. The van der Waals surface area contributed by atoms with Crippen LogP contribution in [0.15, 0.2) is 54.6 Å². The Morgan fingerprint density at radius 3 is 2.30 bits per heavy atom. The summed E-state index contributed by atoms with van der Waals surface area (Å²) in [6.45, 7) is 2.33. The van der Waals surface area contributed by atoms with Crippen LogP contribution in [0.3, 0.4) is 0 Å². The van der Waals surface area contributed by atoms with Crippen LogP contribution in [0.25, 0.3) is 11.3 Å². The first-order valence-corrected chi connectivity index (χ1v) is 9.49. The van der Waals surface area contributed by atoms with Crippen LogP contribution >= 0.6 is 0 Å². The Labute approximate surface area is 173 Å². The van der Waals surface area contributed by atoms with Gasteiger partial charge in [-0.15, -0.1) is 0 Å². The minimum absolute atomic E-state index is 0.121. The van der Waals surface area contributed by atoms with Crippen molar-refractivity contribution in [1.29, 1.82) is 5.26 Å². The van der Waals surface area contributed by atoms with Crippen molar-refractivity contribution in [2.45, 2.75) is 0 Å². The lowest BCUT2D eigenvalue weighted by Crippen LogP contribution is -2.47. The number of benzene rings is 2. The zero-order chi connectivity index (χ0) is 21.1. The molecule has 8 heteroatoms. The quantitative estimate of drug-likeness (QED) is 0.720. The molecule has 30 heavy (non-hydrogen) atoms. The molecule has 2 aromatic carbocycles. The predicted molar refractivity (Wildman–Crippen MR) is 112 cm³/mol. The average Bonchev–Trinajstić information content (AvgIpc) is 2.79. The highest BCUT2D eigenvalue weighted by molar-refractivity contribution is 5.92. The van der Waals surface area contributed by atoms with Gasteiger partial charge >= 0.3 is 0 Å². The van der Waals surface area contributed by atoms with Crippen molar-refractivity contribution in [1.82, 2.24) is 9.97 Å². The standard InChI is InChI=1S/C22H19FN6O/c23-17-3-1-2-4-20(17)28-9-11-29(12-10-28)22-26-18(13-19(27-22)21(25)30)16-7-5-15(14-24)6-8-16/h1-8,13H,9-12H2,(H2,25,30). The summed E-state index contributed by atoms with van der Waals surface area (Å²) in [5, 5.41) is 8.98. The number of piperazine rings is 1. The monoisotopic (exact) mass is 402 g/mol. The highest BCUT2D eigenvalue weighted by Gasteiger charge is 2.22. The predicted octanol–water partition coefficient (Wildman–Crippen LogP) is 2.58. The van der Waals surface area contributed by atoms with Crippen molar-refractivity contribution >= 4 is 17.5 Å². The number of hydrogen-bond acceptors (Lipinski definition) is 6. The van der Waals surface area contributed by atoms with E-state index in [0.717, 1.165) is 5.56 Å². The van der Waals surface area contributed by atoms with Crippen LogP contribution < -0.4 is 15.5 Å². The van der Waals surface area contributed by atoms with E-state index in [4.69, 9.17) is 11.0 Å². The largest absolute Gasteiger partial charge is 0.366 e. The van der Waals surface area contributed by atoms with Gasteiger partial charge < -0.3 is 15.5 Å². The first kappa shape index (κ1) is 19.3. The third-order valence-electron chi connectivity index (χ3n) is 5.03. The molecule has 1 amide bonds. The molecule has 4 rings (SSSR count). The topological polar surface area (TPSA) is 99.1 Å². The molecule has 0 saturated carbocycles. The van der Waals surface area contributed by atoms with Gasteiger partial charge in [-0.3, -0.25) is 4.79 Å². The minimum atomic E-state index is -0.640. The third-order valence-corrected chi connectivity index (χ3v) is 5.03. The number of para-hydroxylation sites is 1. The number of hydrogen-bond donors (Lipinski definition) is 1. The zero-order valence-corrected chi connectivity index (χ0v) is 16.1. The molecule has 1 aromatic heterocycles. The Morgan fingerprint density at radius 2 is 1.67 bits per heavy atom. The van der Waals surface area contributed by atoms with Crippen molar-refractivity contribution in [3.8, 4) is 17.3 Å². The Bertz CT molecular complexity index is 1120. The zero-order valence-electron chi connectivity index (χ0n) is 16.1. The fourth-order valence-corrected chi connectivity index (χ4v) is 3.42. The van der Waals surface area contributed by atoms with Gasteiger partial charge in [0.25, 0.3) is 5.91 Å². The molecule has 0 atom stereocenters. The molecule has 2 N–H and O–H groups in total. The molecule has 0 bridgehead atoms. The Morgan fingerprint density at radius 1 is 1.00 bits per heavy atom. The van der Waals surface area contributed by atoms with Gasteiger partial charge in [-0.2, -0.15) is 5.26 Å². The van der Waals surface area contributed by atoms with Crippen molar-refractivity contribution in [2.24, 2.45) is 5.73 Å². The number of aromatic nitrogens is 2. The summed E-state index contributed by atoms with van der Waals surface area (Å²) in [7, 11) is 0. The summed E-state index contributed by atoms with van der Waals surface area (Å²) < 4.78 is 14.1. The number of nitrogens with two attached hydrogens (primary N) is 1. The third kappa shape index (κ3) is 3.91. The van der Waals surface area contributed by atoms with Gasteiger partial charge in [-0.25, -0.2) is 14.4 Å². The van der Waals surface area contributed by atoms with E-state index in [1.807, 2.05) is 15.9 Å². The van der Waals surface area contributed by atoms with Gasteiger partial charge in [-0.05, 0) is 30.3 Å². The van der Waals surface area contributed by atoms with Crippen LogP contribution in [0.2, 0.25) is 0 Å². The average molecular weight is 402 g/mol. The molecule has 2 heterocycles. The summed E-state index contributed by atoms with van der Waals surface area (Å²) in [5.74, 6) is -0.488. The number of nitrogens with zero attached hydrogens (tertiary/aromatic N) is 5. The second-order valence-electron chi connectivity index (χ2n) is 6.92. The van der Waals surface area contributed by atoms with Gasteiger partial charge in [0.2, 0.25) is 5.95 Å². The van der Waals surface area contributed by atoms with Crippen LogP contribution in [0.5, 0.6) is 0 Å². The smallest absolute Gasteiger partial charge is 0.267 e. The molecule has 1 saturated heterocycles. The van der Waals surface area contributed by atoms with E-state index < -0.39 is 5.91 Å². The van der Waals surface area contributed by atoms with E-state index in [1.54, 1.807) is 42.5 Å². The van der Waals surface area contributed by atoms with Crippen LogP contribution in [-0.4, -0.2) is 42.1 Å². The molecular weight excluding hydrogens is 383 g/mol. The number of nitriles is 1. The maximum absolute atomic E-state index is 14.1. The van der Waals surface area contributed by atoms with Gasteiger partial charge in [0.15, 0.2) is 0 Å². The van der Waals surface area contributed by atoms with Crippen LogP contribution in [-0.2, 0) is 0 Å². The number of halogens is 1. The molecular formula is C22H19FN6O. The van der Waals surface area contributed by atoms with Crippen LogP contribution in [0.1, 0.15) is 16.1 Å². The first-order valence-electron chi connectivity index (χ1n) is 9.49. The fourth-order valence-electron chi connectivity index (χ4n) is 3.42. The van der Waals surface area contributed by atoms with Crippen LogP contribution in [0.4, 0.5) is 16.0 Å². The van der Waals surface area contributed by atoms with Gasteiger partial charge in [-0.1, -0.05) is 24.3 Å². The number of anilines is 2. The van der Waals surface area contributed by atoms with Crippen molar-refractivity contribution in [3.63, 3.8) is 0 Å². The molecule has 1 aliphatic heterocycles. The second kappa shape index (κ2) is 8.17. The molecule has 0 aliphatic carbocycles. The van der Waals surface area contributed by atoms with Gasteiger partial charge in [0.05, 0.1) is 23.0 Å². The molecule has 7 nitrogen and oxygen atoms in total. The Balaban J connectivity index is 1.59. The maximum Gasteiger partial charge on any atom is 0.267 e. The molecule has 0 spiro atoms. The highest BCUT2D eigenvalue weighted by atomic mass is 19.1. The number of primary amides is 1. The van der Waals surface area contributed by atoms with Crippen LogP contribution in [0, 0.1) is 17.1 Å². The molecule has 1 aliphatic rings. The van der Waals surface area contributed by atoms with Gasteiger partial charge in [0.1, 0.15) is 11.5 Å². The summed E-state index contributed by atoms with van der Waals surface area (Å²) in [4.78, 5) is 24.7. The fraction of sp³-hybridized carbons (Fsp3) is 0.182. The molecule has 0 radical (unpaired) electrons. The van der Waals surface area contributed by atoms with Gasteiger partial charge in [0, 0.05) is 31.7 Å². The van der Waals surface area contributed by atoms with Crippen molar-refractivity contribution in [3.05, 3.63) is 71.7 Å². The van der Waals surface area contributed by atoms with E-state index >= 15 is 0 Å². The van der Waals surface area contributed by atoms with E-state index in [-0.39, 0.29) is 11.5 Å². The lowest BCUT2D eigenvalue weighted by Gasteiger charge is -2.36. The summed E-state index contributed by atoms with van der Waals surface area (Å²) in [6.07, 6.45) is 0. The SMILES string of the molecule is N#Cc1ccc(-c2cc(C(N)=O)nc(N3CCN(c4ccccc4F)CC3)n2)cc1. The maximum atomic E-state index is 14.1. The highest BCUT2D eigenvalue weighted by Crippen LogP contribution is 2.24. The summed E-state index contributed by atoms with van der Waals surface area (Å²) >= 11 is 0. The minimum Gasteiger partial charge on any atom is -0.366 e. The Kier molecular flexibility index (Phi) is 5.26. The molecule has 0 unspecified atom stereocenters. The van der Waals surface area contributed by atoms with Crippen molar-refractivity contribution in [2.75, 3.05) is 36.0 Å². The second-order valence-corrected chi connectivity index (χ2v) is 6.92. The van der Waals surface area contributed by atoms with E-state index in [1.165, 1.54) is 6.07 Å². The van der Waals surface area contributed by atoms with E-state index in [9.17, 15) is 9.18 Å². The van der Waals surface area contributed by atoms with E-state index in [2.05, 4.69) is 16.0 Å².